The molecule has 0 amide bonds. The Morgan fingerprint density at radius 3 is 2.96 bits per heavy atom. The van der Waals surface area contributed by atoms with Gasteiger partial charge in [0.25, 0.3) is 0 Å². The van der Waals surface area contributed by atoms with Crippen molar-refractivity contribution in [2.24, 2.45) is 0 Å². The molecule has 7 heteroatoms. The molecule has 4 aromatic rings. The molecule has 0 radical (unpaired) electrons. The van der Waals surface area contributed by atoms with E-state index in [0.717, 1.165) is 27.0 Å². The van der Waals surface area contributed by atoms with E-state index in [1.165, 1.54) is 11.3 Å². The summed E-state index contributed by atoms with van der Waals surface area (Å²) in [6.07, 6.45) is 3.44. The quantitative estimate of drug-likeness (QED) is 0.522. The van der Waals surface area contributed by atoms with E-state index in [0.29, 0.717) is 12.4 Å². The molecule has 0 unspecified atom stereocenters. The van der Waals surface area contributed by atoms with Crippen LogP contribution < -0.4 is 4.74 Å². The van der Waals surface area contributed by atoms with Crippen LogP contribution >= 0.6 is 11.3 Å². The van der Waals surface area contributed by atoms with Crippen LogP contribution in [0, 0.1) is 0 Å². The Labute approximate surface area is 142 Å². The first-order chi connectivity index (χ1) is 11.8. The van der Waals surface area contributed by atoms with E-state index < -0.39 is 0 Å². The lowest BCUT2D eigenvalue weighted by atomic mass is 10.2. The van der Waals surface area contributed by atoms with E-state index in [9.17, 15) is 0 Å². The van der Waals surface area contributed by atoms with Gasteiger partial charge in [0, 0.05) is 11.8 Å². The average molecular weight is 335 g/mol. The molecule has 0 bridgehead atoms. The number of pyridine rings is 1. The molecular weight excluding hydrogens is 322 g/mol. The second kappa shape index (κ2) is 6.21. The SMILES string of the molecule is C=CCOc1cccc(-c2nn3c(-c4ccccn4)nnc3s2)c1. The van der Waals surface area contributed by atoms with Gasteiger partial charge in [-0.2, -0.15) is 9.61 Å². The standard InChI is InChI=1S/C17H13N5OS/c1-2-10-23-13-7-5-6-12(11-13)16-21-22-15(19-20-17(22)24-16)14-8-3-4-9-18-14/h2-9,11H,1,10H2. The Morgan fingerprint density at radius 2 is 2.12 bits per heavy atom. The minimum atomic E-state index is 0.471. The summed E-state index contributed by atoms with van der Waals surface area (Å²) in [4.78, 5) is 5.04. The molecule has 4 rings (SSSR count). The van der Waals surface area contributed by atoms with Crippen molar-refractivity contribution in [3.8, 4) is 27.8 Å². The van der Waals surface area contributed by atoms with E-state index >= 15 is 0 Å². The third-order valence-electron chi connectivity index (χ3n) is 3.33. The molecule has 0 saturated heterocycles. The maximum absolute atomic E-state index is 5.58. The molecule has 0 atom stereocenters. The van der Waals surface area contributed by atoms with Crippen molar-refractivity contribution in [2.45, 2.75) is 0 Å². The predicted octanol–water partition coefficient (Wildman–Crippen LogP) is 3.48. The van der Waals surface area contributed by atoms with Crippen LogP contribution in [-0.2, 0) is 0 Å². The number of nitrogens with zero attached hydrogens (tertiary/aromatic N) is 5. The Bertz CT molecular complexity index is 993. The number of hydrogen-bond acceptors (Lipinski definition) is 6. The summed E-state index contributed by atoms with van der Waals surface area (Å²) in [6, 6.07) is 13.5. The summed E-state index contributed by atoms with van der Waals surface area (Å²) in [6.45, 7) is 4.13. The zero-order chi connectivity index (χ0) is 16.4. The van der Waals surface area contributed by atoms with Crippen LogP contribution in [0.2, 0.25) is 0 Å². The van der Waals surface area contributed by atoms with Gasteiger partial charge in [0.05, 0.1) is 0 Å². The van der Waals surface area contributed by atoms with Crippen molar-refractivity contribution in [1.29, 1.82) is 0 Å². The molecule has 3 heterocycles. The molecular formula is C17H13N5OS. The molecule has 0 spiro atoms. The zero-order valence-electron chi connectivity index (χ0n) is 12.7. The van der Waals surface area contributed by atoms with E-state index in [1.54, 1.807) is 16.8 Å². The van der Waals surface area contributed by atoms with Crippen LogP contribution in [0.15, 0.2) is 61.3 Å². The minimum Gasteiger partial charge on any atom is -0.490 e. The summed E-state index contributed by atoms with van der Waals surface area (Å²) in [5.41, 5.74) is 1.71. The number of fused-ring (bicyclic) bond motifs is 1. The lowest BCUT2D eigenvalue weighted by Crippen LogP contribution is -1.94. The van der Waals surface area contributed by atoms with Gasteiger partial charge in [-0.15, -0.1) is 10.2 Å². The highest BCUT2D eigenvalue weighted by atomic mass is 32.1. The van der Waals surface area contributed by atoms with Gasteiger partial charge in [-0.25, -0.2) is 0 Å². The van der Waals surface area contributed by atoms with E-state index in [1.807, 2.05) is 42.5 Å². The topological polar surface area (TPSA) is 65.2 Å². The Kier molecular flexibility index (Phi) is 3.76. The Morgan fingerprint density at radius 1 is 1.17 bits per heavy atom. The number of rotatable bonds is 5. The monoisotopic (exact) mass is 335 g/mol. The molecule has 0 fully saturated rings. The van der Waals surface area contributed by atoms with Gasteiger partial charge < -0.3 is 4.74 Å². The highest BCUT2D eigenvalue weighted by molar-refractivity contribution is 7.19. The summed E-state index contributed by atoms with van der Waals surface area (Å²) >= 11 is 1.47. The lowest BCUT2D eigenvalue weighted by Gasteiger charge is -2.03. The van der Waals surface area contributed by atoms with Gasteiger partial charge in [-0.1, -0.05) is 42.2 Å². The van der Waals surface area contributed by atoms with Gasteiger partial charge >= 0.3 is 0 Å². The summed E-state index contributed by atoms with van der Waals surface area (Å²) in [7, 11) is 0. The van der Waals surface area contributed by atoms with E-state index in [-0.39, 0.29) is 0 Å². The fourth-order valence-electron chi connectivity index (χ4n) is 2.26. The zero-order valence-corrected chi connectivity index (χ0v) is 13.5. The molecule has 0 aliphatic heterocycles. The van der Waals surface area contributed by atoms with Crippen LogP contribution in [0.4, 0.5) is 0 Å². The maximum atomic E-state index is 5.58. The van der Waals surface area contributed by atoms with E-state index in [2.05, 4.69) is 26.9 Å². The second-order valence-electron chi connectivity index (χ2n) is 4.97. The number of hydrogen-bond donors (Lipinski definition) is 0. The molecule has 0 aliphatic carbocycles. The molecule has 3 aromatic heterocycles. The Hall–Kier alpha value is -3.06. The lowest BCUT2D eigenvalue weighted by molar-refractivity contribution is 0.363. The first kappa shape index (κ1) is 14.5. The van der Waals surface area contributed by atoms with Gasteiger partial charge in [0.1, 0.15) is 23.1 Å². The summed E-state index contributed by atoms with van der Waals surface area (Å²) in [5.74, 6) is 1.41. The van der Waals surface area contributed by atoms with Gasteiger partial charge in [0.15, 0.2) is 0 Å². The molecule has 0 aliphatic rings. The van der Waals surface area contributed by atoms with Crippen molar-refractivity contribution >= 4 is 16.3 Å². The highest BCUT2D eigenvalue weighted by Gasteiger charge is 2.15. The Balaban J connectivity index is 1.74. The molecule has 118 valence electrons. The highest BCUT2D eigenvalue weighted by Crippen LogP contribution is 2.29. The first-order valence-electron chi connectivity index (χ1n) is 7.33. The summed E-state index contributed by atoms with van der Waals surface area (Å²) < 4.78 is 7.30. The van der Waals surface area contributed by atoms with Crippen molar-refractivity contribution in [3.05, 3.63) is 61.3 Å². The van der Waals surface area contributed by atoms with Crippen molar-refractivity contribution in [3.63, 3.8) is 0 Å². The number of benzene rings is 1. The van der Waals surface area contributed by atoms with Crippen LogP contribution in [0.5, 0.6) is 5.75 Å². The maximum Gasteiger partial charge on any atom is 0.235 e. The number of ether oxygens (including phenoxy) is 1. The second-order valence-corrected chi connectivity index (χ2v) is 5.92. The van der Waals surface area contributed by atoms with Crippen molar-refractivity contribution in [1.82, 2.24) is 24.8 Å². The molecule has 6 nitrogen and oxygen atoms in total. The van der Waals surface area contributed by atoms with Crippen LogP contribution in [0.1, 0.15) is 0 Å². The fraction of sp³-hybridized carbons (Fsp3) is 0.0588. The third-order valence-corrected chi connectivity index (χ3v) is 4.28. The molecule has 0 saturated carbocycles. The van der Waals surface area contributed by atoms with Crippen molar-refractivity contribution in [2.75, 3.05) is 6.61 Å². The normalized spacial score (nSPS) is 10.8. The van der Waals surface area contributed by atoms with Crippen LogP contribution in [0.3, 0.4) is 0 Å². The van der Waals surface area contributed by atoms with E-state index in [4.69, 9.17) is 4.74 Å². The average Bonchev–Trinajstić information content (AvgIpc) is 3.21. The molecule has 0 N–H and O–H groups in total. The van der Waals surface area contributed by atoms with Gasteiger partial charge in [-0.05, 0) is 24.3 Å². The smallest absolute Gasteiger partial charge is 0.235 e. The fourth-order valence-corrected chi connectivity index (χ4v) is 3.10. The van der Waals surface area contributed by atoms with Crippen LogP contribution in [-0.4, -0.2) is 31.4 Å². The molecule has 24 heavy (non-hydrogen) atoms. The predicted molar refractivity (Wildman–Crippen MR) is 93.0 cm³/mol. The third kappa shape index (κ3) is 2.65. The summed E-state index contributed by atoms with van der Waals surface area (Å²) in [5, 5.41) is 13.9. The van der Waals surface area contributed by atoms with Crippen molar-refractivity contribution < 1.29 is 4.74 Å². The van der Waals surface area contributed by atoms with Crippen LogP contribution in [0.25, 0.3) is 27.1 Å². The first-order valence-corrected chi connectivity index (χ1v) is 8.14. The minimum absolute atomic E-state index is 0.471. The van der Waals surface area contributed by atoms with Gasteiger partial charge in [0.2, 0.25) is 10.8 Å². The number of aromatic nitrogens is 5. The molecule has 1 aromatic carbocycles. The largest absolute Gasteiger partial charge is 0.490 e. The van der Waals surface area contributed by atoms with Gasteiger partial charge in [-0.3, -0.25) is 4.98 Å².